The van der Waals surface area contributed by atoms with Gasteiger partial charge in [-0.2, -0.15) is 39.2 Å². The highest BCUT2D eigenvalue weighted by molar-refractivity contribution is 7.87. The number of hydrogen-bond acceptors (Lipinski definition) is 6. The van der Waals surface area contributed by atoms with Crippen molar-refractivity contribution in [3.05, 3.63) is 0 Å². The molecule has 4 bridgehead atoms. The van der Waals surface area contributed by atoms with Crippen LogP contribution in [0.15, 0.2) is 0 Å². The van der Waals surface area contributed by atoms with Crippen LogP contribution in [0.2, 0.25) is 0 Å². The monoisotopic (exact) mass is 544 g/mol. The lowest BCUT2D eigenvalue weighted by Gasteiger charge is -2.57. The molecule has 4 rings (SSSR count). The minimum atomic E-state index is -6.60. The maximum atomic E-state index is 14.1. The van der Waals surface area contributed by atoms with E-state index in [1.807, 2.05) is 0 Å². The van der Waals surface area contributed by atoms with Crippen LogP contribution in [-0.2, 0) is 29.1 Å². The summed E-state index contributed by atoms with van der Waals surface area (Å²) in [6, 6.07) is 0. The average molecular weight is 544 g/mol. The molecule has 204 valence electrons. The molecule has 0 aromatic carbocycles. The van der Waals surface area contributed by atoms with E-state index < -0.39 is 70.9 Å². The molecule has 0 aromatic rings. The molecule has 0 aromatic heterocycles. The van der Waals surface area contributed by atoms with Gasteiger partial charge in [-0.3, -0.25) is 4.55 Å². The first-order valence-corrected chi connectivity index (χ1v) is 12.6. The molecule has 0 heterocycles. The Balaban J connectivity index is 1.82. The van der Waals surface area contributed by atoms with Gasteiger partial charge in [-0.25, -0.2) is 4.79 Å². The third-order valence-electron chi connectivity index (χ3n) is 7.14. The Hall–Kier alpha value is -1.19. The van der Waals surface area contributed by atoms with Crippen molar-refractivity contribution in [1.82, 2.24) is 0 Å². The zero-order valence-electron chi connectivity index (χ0n) is 18.8. The lowest BCUT2D eigenvalue weighted by molar-refractivity contribution is -0.376. The number of carbonyl (C=O) groups is 1. The summed E-state index contributed by atoms with van der Waals surface area (Å²) < 4.78 is 140. The van der Waals surface area contributed by atoms with Crippen molar-refractivity contribution in [1.29, 1.82) is 0 Å². The van der Waals surface area contributed by atoms with Gasteiger partial charge in [0.15, 0.2) is 0 Å². The fourth-order valence-corrected chi connectivity index (χ4v) is 6.52. The molecule has 0 saturated heterocycles. The molecule has 7 nitrogen and oxygen atoms in total. The van der Waals surface area contributed by atoms with Gasteiger partial charge in [0, 0.05) is 6.42 Å². The fourth-order valence-electron chi connectivity index (χ4n) is 6.04. The van der Waals surface area contributed by atoms with Crippen molar-refractivity contribution in [2.45, 2.75) is 75.0 Å². The smallest absolute Gasteiger partial charge is 0.455 e. The molecule has 0 radical (unpaired) electrons. The third kappa shape index (κ3) is 5.28. The summed E-state index contributed by atoms with van der Waals surface area (Å²) in [5.41, 5.74) is -0.678. The number of alkyl halides is 7. The second-order valence-electron chi connectivity index (χ2n) is 9.84. The summed E-state index contributed by atoms with van der Waals surface area (Å²) in [6.45, 7) is -1.83. The topological polar surface area (TPSA) is 99.1 Å². The minimum Gasteiger partial charge on any atom is -0.462 e. The van der Waals surface area contributed by atoms with E-state index in [9.17, 15) is 43.9 Å². The Kier molecular flexibility index (Phi) is 7.53. The van der Waals surface area contributed by atoms with E-state index in [0.29, 0.717) is 37.0 Å². The summed E-state index contributed by atoms with van der Waals surface area (Å²) in [5, 5.41) is -6.01. The Morgan fingerprint density at radius 3 is 1.83 bits per heavy atom. The van der Waals surface area contributed by atoms with E-state index in [4.69, 9.17) is 9.29 Å². The van der Waals surface area contributed by atoms with Crippen LogP contribution in [0.3, 0.4) is 0 Å². The van der Waals surface area contributed by atoms with Gasteiger partial charge < -0.3 is 14.2 Å². The number of carbonyl (C=O) groups excluding carboxylic acids is 1. The SMILES string of the molecule is CCOC(=O)C(OCCC(F)(F)C(F)(F)S(=O)(=O)O)(OCC12CC3CC(CC(C3)C1)C2)C(F)(F)F. The van der Waals surface area contributed by atoms with E-state index in [1.165, 1.54) is 6.92 Å². The maximum Gasteiger partial charge on any atom is 0.455 e. The molecule has 1 atom stereocenters. The predicted molar refractivity (Wildman–Crippen MR) is 104 cm³/mol. The number of halogens is 7. The summed E-state index contributed by atoms with van der Waals surface area (Å²) in [4.78, 5) is 12.4. The molecule has 0 spiro atoms. The van der Waals surface area contributed by atoms with Crippen LogP contribution in [0.25, 0.3) is 0 Å². The Bertz CT molecular complexity index is 871. The minimum absolute atomic E-state index is 0.301. The zero-order chi connectivity index (χ0) is 26.5. The molecule has 1 unspecified atom stereocenters. The van der Waals surface area contributed by atoms with Crippen LogP contribution >= 0.6 is 0 Å². The highest BCUT2D eigenvalue weighted by atomic mass is 32.2. The lowest BCUT2D eigenvalue weighted by atomic mass is 9.50. The van der Waals surface area contributed by atoms with E-state index >= 15 is 0 Å². The van der Waals surface area contributed by atoms with Gasteiger partial charge in [0.1, 0.15) is 0 Å². The van der Waals surface area contributed by atoms with Gasteiger partial charge in [-0.15, -0.1) is 0 Å². The quantitative estimate of drug-likeness (QED) is 0.176. The largest absolute Gasteiger partial charge is 0.462 e. The summed E-state index contributed by atoms with van der Waals surface area (Å²) in [6.07, 6.45) is -3.38. The normalized spacial score (nSPS) is 30.8. The van der Waals surface area contributed by atoms with E-state index in [0.717, 1.165) is 19.3 Å². The maximum absolute atomic E-state index is 14.1. The van der Waals surface area contributed by atoms with Crippen molar-refractivity contribution in [2.75, 3.05) is 19.8 Å². The van der Waals surface area contributed by atoms with E-state index in [2.05, 4.69) is 9.47 Å². The van der Waals surface area contributed by atoms with Crippen LogP contribution < -0.4 is 0 Å². The highest BCUT2D eigenvalue weighted by Gasteiger charge is 2.68. The number of esters is 1. The second-order valence-corrected chi connectivity index (χ2v) is 11.3. The van der Waals surface area contributed by atoms with Crippen molar-refractivity contribution in [3.8, 4) is 0 Å². The van der Waals surface area contributed by atoms with Crippen LogP contribution in [0.4, 0.5) is 30.7 Å². The first-order valence-electron chi connectivity index (χ1n) is 11.1. The van der Waals surface area contributed by atoms with E-state index in [-0.39, 0.29) is 0 Å². The van der Waals surface area contributed by atoms with Gasteiger partial charge in [0.2, 0.25) is 0 Å². The fraction of sp³-hybridized carbons (Fsp3) is 0.950. The summed E-state index contributed by atoms with van der Waals surface area (Å²) in [7, 11) is -6.60. The van der Waals surface area contributed by atoms with Crippen LogP contribution in [0, 0.1) is 23.2 Å². The third-order valence-corrected chi connectivity index (χ3v) is 8.08. The van der Waals surface area contributed by atoms with Gasteiger partial charge >= 0.3 is 39.2 Å². The van der Waals surface area contributed by atoms with Gasteiger partial charge in [0.05, 0.1) is 19.8 Å². The molecular formula is C20H27F7O7S. The summed E-state index contributed by atoms with van der Waals surface area (Å²) >= 11 is 0. The van der Waals surface area contributed by atoms with E-state index in [1.54, 1.807) is 0 Å². The number of hydrogen-bond donors (Lipinski definition) is 1. The Morgan fingerprint density at radius 1 is 0.943 bits per heavy atom. The molecule has 35 heavy (non-hydrogen) atoms. The molecule has 15 heteroatoms. The molecule has 1 N–H and O–H groups in total. The first kappa shape index (κ1) is 28.4. The van der Waals surface area contributed by atoms with Crippen LogP contribution in [0.1, 0.15) is 51.9 Å². The lowest BCUT2D eigenvalue weighted by Crippen LogP contribution is -2.60. The molecule has 4 aliphatic carbocycles. The number of ether oxygens (including phenoxy) is 3. The van der Waals surface area contributed by atoms with Gasteiger partial charge in [-0.1, -0.05) is 0 Å². The first-order chi connectivity index (χ1) is 15.9. The zero-order valence-corrected chi connectivity index (χ0v) is 19.6. The van der Waals surface area contributed by atoms with Crippen molar-refractivity contribution in [2.24, 2.45) is 23.2 Å². The van der Waals surface area contributed by atoms with Crippen LogP contribution in [-0.4, -0.2) is 61.9 Å². The van der Waals surface area contributed by atoms with Crippen LogP contribution in [0.5, 0.6) is 0 Å². The molecule has 4 saturated carbocycles. The van der Waals surface area contributed by atoms with Crippen molar-refractivity contribution >= 4 is 16.1 Å². The van der Waals surface area contributed by atoms with Crippen molar-refractivity contribution in [3.63, 3.8) is 0 Å². The molecule has 0 aliphatic heterocycles. The van der Waals surface area contributed by atoms with Gasteiger partial charge in [-0.05, 0) is 68.6 Å². The summed E-state index contributed by atoms with van der Waals surface area (Å²) in [5.74, 6) is -10.9. The predicted octanol–water partition coefficient (Wildman–Crippen LogP) is 4.56. The Morgan fingerprint density at radius 2 is 1.43 bits per heavy atom. The molecular weight excluding hydrogens is 517 g/mol. The Labute approximate surface area is 197 Å². The standard InChI is InChI=1S/C20H27F7O7S/c1-2-32-15(28)18(19(23,24)25,33-4-3-17(21,22)20(26,27)35(29,30)31)34-11-16-8-12-5-13(9-16)7-14(6-12)10-16/h12-14H,2-11H2,1H3,(H,29,30,31). The van der Waals surface area contributed by atoms with Gasteiger partial charge in [0.25, 0.3) is 0 Å². The molecule has 0 amide bonds. The highest BCUT2D eigenvalue weighted by Crippen LogP contribution is 2.60. The molecule has 4 fully saturated rings. The number of rotatable bonds is 11. The second kappa shape index (κ2) is 9.28. The molecule has 4 aliphatic rings. The van der Waals surface area contributed by atoms with Crippen molar-refractivity contribution < 1.29 is 62.7 Å². The average Bonchev–Trinajstić information content (AvgIpc) is 2.67.